The van der Waals surface area contributed by atoms with E-state index in [4.69, 9.17) is 10.3 Å². The third-order valence-electron chi connectivity index (χ3n) is 2.26. The first-order valence-corrected chi connectivity index (χ1v) is 4.78. The molecular weight excluding hydrogens is 204 g/mol. The molecule has 0 bridgehead atoms. The number of hydrogen-bond donors (Lipinski definition) is 1. The SMILES string of the molecule is Nc1noc(-c2ccc3ccccc3n2)n1. The predicted octanol–water partition coefficient (Wildman–Crippen LogP) is 1.87. The van der Waals surface area contributed by atoms with Gasteiger partial charge in [-0.25, -0.2) is 4.98 Å². The van der Waals surface area contributed by atoms with Crippen molar-refractivity contribution in [1.29, 1.82) is 0 Å². The van der Waals surface area contributed by atoms with E-state index in [0.717, 1.165) is 10.9 Å². The van der Waals surface area contributed by atoms with Crippen molar-refractivity contribution < 1.29 is 4.52 Å². The van der Waals surface area contributed by atoms with Crippen LogP contribution in [0.3, 0.4) is 0 Å². The van der Waals surface area contributed by atoms with Crippen LogP contribution in [0.2, 0.25) is 0 Å². The molecular formula is C11H8N4O. The lowest BCUT2D eigenvalue weighted by atomic mass is 10.2. The zero-order valence-electron chi connectivity index (χ0n) is 8.29. The van der Waals surface area contributed by atoms with Crippen molar-refractivity contribution in [3.63, 3.8) is 0 Å². The summed E-state index contributed by atoms with van der Waals surface area (Å²) in [5.41, 5.74) is 6.90. The van der Waals surface area contributed by atoms with Gasteiger partial charge >= 0.3 is 0 Å². The molecule has 0 fully saturated rings. The van der Waals surface area contributed by atoms with Gasteiger partial charge in [-0.2, -0.15) is 4.98 Å². The highest BCUT2D eigenvalue weighted by Gasteiger charge is 2.08. The number of rotatable bonds is 1. The maximum atomic E-state index is 5.38. The normalized spacial score (nSPS) is 10.8. The second kappa shape index (κ2) is 3.30. The highest BCUT2D eigenvalue weighted by atomic mass is 16.5. The van der Waals surface area contributed by atoms with Crippen molar-refractivity contribution in [2.75, 3.05) is 5.73 Å². The van der Waals surface area contributed by atoms with Crippen molar-refractivity contribution in [2.45, 2.75) is 0 Å². The molecule has 3 rings (SSSR count). The van der Waals surface area contributed by atoms with Gasteiger partial charge in [0.2, 0.25) is 0 Å². The Kier molecular flexibility index (Phi) is 1.83. The van der Waals surface area contributed by atoms with Gasteiger partial charge in [0, 0.05) is 5.39 Å². The van der Waals surface area contributed by atoms with E-state index in [0.29, 0.717) is 11.6 Å². The summed E-state index contributed by atoms with van der Waals surface area (Å²) >= 11 is 0. The van der Waals surface area contributed by atoms with Crippen LogP contribution in [0.4, 0.5) is 5.95 Å². The molecule has 2 N–H and O–H groups in total. The smallest absolute Gasteiger partial charge is 0.278 e. The highest BCUT2D eigenvalue weighted by Crippen LogP contribution is 2.19. The molecule has 78 valence electrons. The van der Waals surface area contributed by atoms with Crippen molar-refractivity contribution in [2.24, 2.45) is 0 Å². The molecule has 0 aliphatic carbocycles. The average molecular weight is 212 g/mol. The van der Waals surface area contributed by atoms with E-state index in [1.54, 1.807) is 0 Å². The minimum Gasteiger partial charge on any atom is -0.365 e. The van der Waals surface area contributed by atoms with E-state index < -0.39 is 0 Å². The number of pyridine rings is 1. The number of benzene rings is 1. The Hall–Kier alpha value is -2.43. The Morgan fingerprint density at radius 2 is 1.88 bits per heavy atom. The summed E-state index contributed by atoms with van der Waals surface area (Å²) in [5, 5.41) is 4.59. The quantitative estimate of drug-likeness (QED) is 0.666. The summed E-state index contributed by atoms with van der Waals surface area (Å²) in [5.74, 6) is 0.452. The van der Waals surface area contributed by atoms with Gasteiger partial charge in [-0.15, -0.1) is 0 Å². The van der Waals surface area contributed by atoms with Gasteiger partial charge < -0.3 is 10.3 Å². The first-order chi connectivity index (χ1) is 7.83. The van der Waals surface area contributed by atoms with Crippen molar-refractivity contribution in [3.05, 3.63) is 36.4 Å². The van der Waals surface area contributed by atoms with E-state index in [-0.39, 0.29) is 5.95 Å². The Bertz CT molecular complexity index is 647. The summed E-state index contributed by atoms with van der Waals surface area (Å²) in [6.07, 6.45) is 0. The Balaban J connectivity index is 2.18. The molecule has 2 heterocycles. The largest absolute Gasteiger partial charge is 0.365 e. The Morgan fingerprint density at radius 1 is 1.00 bits per heavy atom. The van der Waals surface area contributed by atoms with E-state index in [1.165, 1.54) is 0 Å². The van der Waals surface area contributed by atoms with E-state index in [2.05, 4.69) is 15.1 Å². The van der Waals surface area contributed by atoms with Gasteiger partial charge in [0.25, 0.3) is 11.8 Å². The fraction of sp³-hybridized carbons (Fsp3) is 0. The van der Waals surface area contributed by atoms with Crippen LogP contribution in [-0.4, -0.2) is 15.1 Å². The lowest BCUT2D eigenvalue weighted by molar-refractivity contribution is 0.432. The van der Waals surface area contributed by atoms with Crippen LogP contribution >= 0.6 is 0 Å². The topological polar surface area (TPSA) is 77.8 Å². The van der Waals surface area contributed by atoms with Gasteiger partial charge in [0.1, 0.15) is 5.69 Å². The standard InChI is InChI=1S/C11H8N4O/c12-11-14-10(16-15-11)9-6-5-7-3-1-2-4-8(7)13-9/h1-6H,(H2,12,15). The Labute approximate surface area is 90.9 Å². The molecule has 2 aromatic heterocycles. The van der Waals surface area contributed by atoms with Crippen LogP contribution in [0.5, 0.6) is 0 Å². The van der Waals surface area contributed by atoms with Gasteiger partial charge in [-0.3, -0.25) is 0 Å². The van der Waals surface area contributed by atoms with Crippen molar-refractivity contribution in [3.8, 4) is 11.6 Å². The number of nitrogen functional groups attached to an aromatic ring is 1. The molecule has 1 aromatic carbocycles. The molecule has 0 saturated carbocycles. The molecule has 5 nitrogen and oxygen atoms in total. The van der Waals surface area contributed by atoms with Gasteiger partial charge in [0.05, 0.1) is 5.52 Å². The molecule has 0 spiro atoms. The first-order valence-electron chi connectivity index (χ1n) is 4.78. The van der Waals surface area contributed by atoms with Crippen LogP contribution in [0.25, 0.3) is 22.5 Å². The summed E-state index contributed by atoms with van der Waals surface area (Å²) in [4.78, 5) is 8.33. The molecule has 0 aliphatic heterocycles. The number of anilines is 1. The third-order valence-corrected chi connectivity index (χ3v) is 2.26. The van der Waals surface area contributed by atoms with Crippen LogP contribution in [0.15, 0.2) is 40.9 Å². The number of aromatic nitrogens is 3. The number of para-hydroxylation sites is 1. The van der Waals surface area contributed by atoms with Crippen molar-refractivity contribution in [1.82, 2.24) is 15.1 Å². The summed E-state index contributed by atoms with van der Waals surface area (Å²) in [6.45, 7) is 0. The summed E-state index contributed by atoms with van der Waals surface area (Å²) < 4.78 is 4.95. The van der Waals surface area contributed by atoms with Crippen LogP contribution in [-0.2, 0) is 0 Å². The zero-order valence-corrected chi connectivity index (χ0v) is 8.29. The molecule has 0 atom stereocenters. The Morgan fingerprint density at radius 3 is 2.69 bits per heavy atom. The second-order valence-electron chi connectivity index (χ2n) is 3.35. The van der Waals surface area contributed by atoms with E-state index in [9.17, 15) is 0 Å². The van der Waals surface area contributed by atoms with E-state index in [1.807, 2.05) is 36.4 Å². The lowest BCUT2D eigenvalue weighted by Crippen LogP contribution is -1.87. The van der Waals surface area contributed by atoms with Crippen LogP contribution in [0.1, 0.15) is 0 Å². The second-order valence-corrected chi connectivity index (χ2v) is 3.35. The molecule has 0 unspecified atom stereocenters. The maximum absolute atomic E-state index is 5.38. The summed E-state index contributed by atoms with van der Waals surface area (Å²) in [7, 11) is 0. The monoisotopic (exact) mass is 212 g/mol. The van der Waals surface area contributed by atoms with E-state index >= 15 is 0 Å². The summed E-state index contributed by atoms with van der Waals surface area (Å²) in [6, 6.07) is 11.6. The molecule has 0 amide bonds. The van der Waals surface area contributed by atoms with Crippen LogP contribution in [0, 0.1) is 0 Å². The highest BCUT2D eigenvalue weighted by molar-refractivity contribution is 5.80. The van der Waals surface area contributed by atoms with Gasteiger partial charge in [-0.1, -0.05) is 24.3 Å². The minimum atomic E-state index is 0.116. The number of hydrogen-bond acceptors (Lipinski definition) is 5. The zero-order chi connectivity index (χ0) is 11.0. The molecule has 5 heteroatoms. The number of nitrogens with two attached hydrogens (primary N) is 1. The average Bonchev–Trinajstić information content (AvgIpc) is 2.75. The number of nitrogens with zero attached hydrogens (tertiary/aromatic N) is 3. The maximum Gasteiger partial charge on any atom is 0.278 e. The lowest BCUT2D eigenvalue weighted by Gasteiger charge is -1.97. The molecule has 0 saturated heterocycles. The van der Waals surface area contributed by atoms with Gasteiger partial charge in [0.15, 0.2) is 0 Å². The van der Waals surface area contributed by atoms with Crippen molar-refractivity contribution >= 4 is 16.9 Å². The predicted molar refractivity (Wildman–Crippen MR) is 59.4 cm³/mol. The molecule has 0 radical (unpaired) electrons. The fourth-order valence-electron chi connectivity index (χ4n) is 1.52. The van der Waals surface area contributed by atoms with Gasteiger partial charge in [-0.05, 0) is 17.3 Å². The molecule has 3 aromatic rings. The first kappa shape index (κ1) is 8.84. The van der Waals surface area contributed by atoms with Crippen LogP contribution < -0.4 is 5.73 Å². The molecule has 0 aliphatic rings. The fourth-order valence-corrected chi connectivity index (χ4v) is 1.52. The molecule has 16 heavy (non-hydrogen) atoms. The minimum absolute atomic E-state index is 0.116. The number of fused-ring (bicyclic) bond motifs is 1. The third kappa shape index (κ3) is 1.38.